The van der Waals surface area contributed by atoms with Crippen molar-refractivity contribution in [3.63, 3.8) is 0 Å². The minimum atomic E-state index is -0.648. The lowest BCUT2D eigenvalue weighted by Gasteiger charge is -2.30. The standard InChI is InChI=1S/C15H29N3O3/c1-7-8-9-11(2)10-12(13(19)17-16)18(6)14(20)21-15(3,4)5/h7-8,11-12H,9-10,16H2,1-6H3,(H,17,19)/b8-7+. The van der Waals surface area contributed by atoms with E-state index in [1.54, 1.807) is 27.8 Å². The van der Waals surface area contributed by atoms with Crippen molar-refractivity contribution in [1.82, 2.24) is 10.3 Å². The molecular weight excluding hydrogens is 270 g/mol. The van der Waals surface area contributed by atoms with Crippen LogP contribution >= 0.6 is 0 Å². The van der Waals surface area contributed by atoms with Crippen LogP contribution in [0.3, 0.4) is 0 Å². The first-order valence-electron chi connectivity index (χ1n) is 7.19. The van der Waals surface area contributed by atoms with Crippen molar-refractivity contribution in [2.45, 2.75) is 59.1 Å². The van der Waals surface area contributed by atoms with Gasteiger partial charge in [0.05, 0.1) is 0 Å². The zero-order valence-corrected chi connectivity index (χ0v) is 14.0. The maximum absolute atomic E-state index is 12.1. The van der Waals surface area contributed by atoms with Crippen LogP contribution in [-0.2, 0) is 9.53 Å². The fraction of sp³-hybridized carbons (Fsp3) is 0.733. The van der Waals surface area contributed by atoms with Gasteiger partial charge in [-0.25, -0.2) is 10.6 Å². The normalized spacial score (nSPS) is 14.6. The molecule has 3 N–H and O–H groups in total. The molecule has 0 aliphatic rings. The van der Waals surface area contributed by atoms with E-state index in [-0.39, 0.29) is 5.92 Å². The first-order chi connectivity index (χ1) is 9.62. The molecule has 0 spiro atoms. The number of likely N-dealkylation sites (N-methyl/N-ethyl adjacent to an activating group) is 1. The Morgan fingerprint density at radius 1 is 1.38 bits per heavy atom. The summed E-state index contributed by atoms with van der Waals surface area (Å²) in [6, 6.07) is -0.648. The van der Waals surface area contributed by atoms with E-state index >= 15 is 0 Å². The van der Waals surface area contributed by atoms with Crippen LogP contribution in [0.4, 0.5) is 4.79 Å². The Balaban J connectivity index is 4.89. The maximum atomic E-state index is 12.1. The number of allylic oxidation sites excluding steroid dienone is 2. The Hall–Kier alpha value is -1.56. The summed E-state index contributed by atoms with van der Waals surface area (Å²) in [5.74, 6) is 5.07. The van der Waals surface area contributed by atoms with E-state index in [0.29, 0.717) is 6.42 Å². The molecule has 0 fully saturated rings. The molecule has 2 atom stereocenters. The first-order valence-corrected chi connectivity index (χ1v) is 7.19. The predicted octanol–water partition coefficient (Wildman–Crippen LogP) is 2.20. The second-order valence-electron chi connectivity index (χ2n) is 6.26. The number of rotatable bonds is 6. The van der Waals surface area contributed by atoms with Crippen molar-refractivity contribution in [3.05, 3.63) is 12.2 Å². The van der Waals surface area contributed by atoms with Gasteiger partial charge in [-0.1, -0.05) is 19.1 Å². The molecule has 2 amide bonds. The zero-order valence-electron chi connectivity index (χ0n) is 14.0. The summed E-state index contributed by atoms with van der Waals surface area (Å²) in [6.45, 7) is 9.32. The van der Waals surface area contributed by atoms with Crippen LogP contribution in [-0.4, -0.2) is 35.6 Å². The van der Waals surface area contributed by atoms with Gasteiger partial charge in [-0.2, -0.15) is 0 Å². The number of hydrogen-bond donors (Lipinski definition) is 2. The first kappa shape index (κ1) is 19.4. The number of ether oxygens (including phenoxy) is 1. The van der Waals surface area contributed by atoms with Crippen molar-refractivity contribution in [2.24, 2.45) is 11.8 Å². The lowest BCUT2D eigenvalue weighted by Crippen LogP contribution is -2.51. The quantitative estimate of drug-likeness (QED) is 0.341. The fourth-order valence-electron chi connectivity index (χ4n) is 1.84. The number of hydrazine groups is 1. The highest BCUT2D eigenvalue weighted by atomic mass is 16.6. The van der Waals surface area contributed by atoms with Crippen LogP contribution in [0.1, 0.15) is 47.5 Å². The monoisotopic (exact) mass is 299 g/mol. The zero-order chi connectivity index (χ0) is 16.6. The van der Waals surface area contributed by atoms with E-state index in [0.717, 1.165) is 6.42 Å². The van der Waals surface area contributed by atoms with Gasteiger partial charge in [0.2, 0.25) is 0 Å². The Morgan fingerprint density at radius 2 is 1.95 bits per heavy atom. The predicted molar refractivity (Wildman–Crippen MR) is 83.3 cm³/mol. The van der Waals surface area contributed by atoms with Crippen molar-refractivity contribution in [2.75, 3.05) is 7.05 Å². The number of carbonyl (C=O) groups is 2. The molecular formula is C15H29N3O3. The van der Waals surface area contributed by atoms with Gasteiger partial charge >= 0.3 is 6.09 Å². The molecule has 0 bridgehead atoms. The van der Waals surface area contributed by atoms with E-state index in [2.05, 4.69) is 5.43 Å². The van der Waals surface area contributed by atoms with E-state index in [4.69, 9.17) is 10.6 Å². The summed E-state index contributed by atoms with van der Waals surface area (Å²) in [5.41, 5.74) is 1.51. The molecule has 0 aliphatic heterocycles. The Morgan fingerprint density at radius 3 is 2.38 bits per heavy atom. The third-order valence-corrected chi connectivity index (χ3v) is 2.99. The van der Waals surface area contributed by atoms with Crippen molar-refractivity contribution >= 4 is 12.0 Å². The Labute approximate surface area is 127 Å². The molecule has 21 heavy (non-hydrogen) atoms. The van der Waals surface area contributed by atoms with Crippen molar-refractivity contribution < 1.29 is 14.3 Å². The fourth-order valence-corrected chi connectivity index (χ4v) is 1.84. The number of nitrogens with one attached hydrogen (secondary N) is 1. The van der Waals surface area contributed by atoms with Gasteiger partial charge in [0.15, 0.2) is 0 Å². The average Bonchev–Trinajstić information content (AvgIpc) is 2.38. The van der Waals surface area contributed by atoms with E-state index in [1.807, 2.05) is 26.0 Å². The van der Waals surface area contributed by atoms with Gasteiger partial charge < -0.3 is 4.74 Å². The minimum absolute atomic E-state index is 0.244. The summed E-state index contributed by atoms with van der Waals surface area (Å²) in [6.07, 6.45) is 4.83. The third kappa shape index (κ3) is 7.70. The summed E-state index contributed by atoms with van der Waals surface area (Å²) in [4.78, 5) is 25.3. The molecule has 6 heteroatoms. The SMILES string of the molecule is C/C=C/CC(C)CC(C(=O)NN)N(C)C(=O)OC(C)(C)C. The second-order valence-corrected chi connectivity index (χ2v) is 6.26. The molecule has 0 radical (unpaired) electrons. The molecule has 0 saturated carbocycles. The van der Waals surface area contributed by atoms with Crippen LogP contribution < -0.4 is 11.3 Å². The molecule has 2 unspecified atom stereocenters. The number of nitrogens with zero attached hydrogens (tertiary/aromatic N) is 1. The number of amides is 2. The number of carbonyl (C=O) groups excluding carboxylic acids is 2. The van der Waals surface area contributed by atoms with Crippen LogP contribution in [0.5, 0.6) is 0 Å². The van der Waals surface area contributed by atoms with Gasteiger partial charge in [0, 0.05) is 7.05 Å². The molecule has 0 rings (SSSR count). The van der Waals surface area contributed by atoms with Crippen LogP contribution in [0.2, 0.25) is 0 Å². The van der Waals surface area contributed by atoms with Gasteiger partial charge in [0.25, 0.3) is 5.91 Å². The average molecular weight is 299 g/mol. The minimum Gasteiger partial charge on any atom is -0.444 e. The van der Waals surface area contributed by atoms with Gasteiger partial charge in [-0.15, -0.1) is 0 Å². The van der Waals surface area contributed by atoms with Gasteiger partial charge in [0.1, 0.15) is 11.6 Å². The van der Waals surface area contributed by atoms with E-state index < -0.39 is 23.6 Å². The smallest absolute Gasteiger partial charge is 0.410 e. The summed E-state index contributed by atoms with van der Waals surface area (Å²) in [5, 5.41) is 0. The Kier molecular flexibility index (Phi) is 8.02. The molecule has 0 aromatic rings. The highest BCUT2D eigenvalue weighted by Gasteiger charge is 2.30. The number of hydrogen-bond acceptors (Lipinski definition) is 4. The molecule has 0 aromatic carbocycles. The highest BCUT2D eigenvalue weighted by Crippen LogP contribution is 2.17. The van der Waals surface area contributed by atoms with E-state index in [9.17, 15) is 9.59 Å². The largest absolute Gasteiger partial charge is 0.444 e. The van der Waals surface area contributed by atoms with Crippen LogP contribution in [0, 0.1) is 5.92 Å². The molecule has 0 saturated heterocycles. The summed E-state index contributed by atoms with van der Waals surface area (Å²) in [7, 11) is 1.55. The van der Waals surface area contributed by atoms with Gasteiger partial charge in [-0.3, -0.25) is 15.1 Å². The lowest BCUT2D eigenvalue weighted by atomic mass is 9.97. The second kappa shape index (κ2) is 8.67. The van der Waals surface area contributed by atoms with Crippen molar-refractivity contribution in [3.8, 4) is 0 Å². The van der Waals surface area contributed by atoms with E-state index in [1.165, 1.54) is 4.90 Å². The molecule has 122 valence electrons. The summed E-state index contributed by atoms with van der Waals surface area (Å²) < 4.78 is 5.29. The van der Waals surface area contributed by atoms with Crippen LogP contribution in [0.15, 0.2) is 12.2 Å². The molecule has 0 heterocycles. The van der Waals surface area contributed by atoms with Crippen LogP contribution in [0.25, 0.3) is 0 Å². The number of nitrogens with two attached hydrogens (primary N) is 1. The van der Waals surface area contributed by atoms with Gasteiger partial charge in [-0.05, 0) is 46.5 Å². The highest BCUT2D eigenvalue weighted by molar-refractivity contribution is 5.85. The lowest BCUT2D eigenvalue weighted by molar-refractivity contribution is -0.126. The Bertz CT molecular complexity index is 375. The molecule has 0 aromatic heterocycles. The third-order valence-electron chi connectivity index (χ3n) is 2.99. The summed E-state index contributed by atoms with van der Waals surface area (Å²) >= 11 is 0. The topological polar surface area (TPSA) is 84.7 Å². The van der Waals surface area contributed by atoms with Crippen molar-refractivity contribution in [1.29, 1.82) is 0 Å². The molecule has 6 nitrogen and oxygen atoms in total. The molecule has 0 aliphatic carbocycles. The maximum Gasteiger partial charge on any atom is 0.410 e.